The Morgan fingerprint density at radius 2 is 1.75 bits per heavy atom. The third-order valence-corrected chi connectivity index (χ3v) is 6.38. The number of thiazole rings is 1. The van der Waals surface area contributed by atoms with Crippen molar-refractivity contribution in [2.24, 2.45) is 0 Å². The number of methoxy groups -OCH3 is 1. The fourth-order valence-electron chi connectivity index (χ4n) is 2.63. The number of nitrogens with one attached hydrogen (secondary N) is 2. The van der Waals surface area contributed by atoms with Gasteiger partial charge in [-0.25, -0.2) is 13.4 Å². The van der Waals surface area contributed by atoms with Crippen molar-refractivity contribution in [1.29, 1.82) is 0 Å². The van der Waals surface area contributed by atoms with Gasteiger partial charge >= 0.3 is 5.97 Å². The standard InChI is InChI=1S/C21H21N3O6S2/c1-3-30-19(25)12-16-13-31-21(22-16)23-20(26)14-4-10-18(11-5-14)32(27,28)24-15-6-8-17(29-2)9-7-15/h4-11,13,24H,3,12H2,1-2H3,(H,22,23,26). The fourth-order valence-corrected chi connectivity index (χ4v) is 4.40. The molecule has 0 aliphatic rings. The van der Waals surface area contributed by atoms with Crippen LogP contribution in [0.25, 0.3) is 0 Å². The number of amides is 1. The Balaban J connectivity index is 1.63. The van der Waals surface area contributed by atoms with Gasteiger partial charge in [0.15, 0.2) is 5.13 Å². The molecule has 9 nitrogen and oxygen atoms in total. The molecule has 0 atom stereocenters. The molecular weight excluding hydrogens is 454 g/mol. The molecule has 0 aliphatic heterocycles. The smallest absolute Gasteiger partial charge is 0.311 e. The van der Waals surface area contributed by atoms with Gasteiger partial charge in [-0.3, -0.25) is 19.6 Å². The van der Waals surface area contributed by atoms with Gasteiger partial charge < -0.3 is 9.47 Å². The summed E-state index contributed by atoms with van der Waals surface area (Å²) in [6.07, 6.45) is 0.0218. The summed E-state index contributed by atoms with van der Waals surface area (Å²) in [5.41, 5.74) is 1.14. The topological polar surface area (TPSA) is 124 Å². The van der Waals surface area contributed by atoms with Crippen LogP contribution < -0.4 is 14.8 Å². The van der Waals surface area contributed by atoms with Gasteiger partial charge in [-0.05, 0) is 55.5 Å². The predicted molar refractivity (Wildman–Crippen MR) is 121 cm³/mol. The summed E-state index contributed by atoms with van der Waals surface area (Å²) in [5, 5.41) is 4.62. The molecule has 0 bridgehead atoms. The summed E-state index contributed by atoms with van der Waals surface area (Å²) in [4.78, 5) is 28.2. The summed E-state index contributed by atoms with van der Waals surface area (Å²) in [7, 11) is -2.30. The van der Waals surface area contributed by atoms with Crippen LogP contribution >= 0.6 is 11.3 Å². The van der Waals surface area contributed by atoms with Gasteiger partial charge in [0.2, 0.25) is 0 Å². The van der Waals surface area contributed by atoms with Crippen LogP contribution in [0.5, 0.6) is 5.75 Å². The molecule has 3 aromatic rings. The fraction of sp³-hybridized carbons (Fsp3) is 0.190. The molecule has 0 radical (unpaired) electrons. The van der Waals surface area contributed by atoms with Crippen molar-refractivity contribution in [3.8, 4) is 5.75 Å². The first kappa shape index (κ1) is 23.2. The van der Waals surface area contributed by atoms with Gasteiger partial charge in [-0.1, -0.05) is 0 Å². The molecule has 1 amide bonds. The number of carbonyl (C=O) groups excluding carboxylic acids is 2. The van der Waals surface area contributed by atoms with Crippen LogP contribution in [0.3, 0.4) is 0 Å². The van der Waals surface area contributed by atoms with Crippen molar-refractivity contribution in [1.82, 2.24) is 4.98 Å². The molecule has 11 heteroatoms. The molecule has 0 spiro atoms. The van der Waals surface area contributed by atoms with E-state index in [0.717, 1.165) is 0 Å². The Hall–Kier alpha value is -3.44. The second-order valence-electron chi connectivity index (χ2n) is 6.44. The minimum Gasteiger partial charge on any atom is -0.497 e. The Bertz CT molecular complexity index is 1190. The molecule has 2 aromatic carbocycles. The Morgan fingerprint density at radius 3 is 2.38 bits per heavy atom. The lowest BCUT2D eigenvalue weighted by Gasteiger charge is -2.09. The molecule has 32 heavy (non-hydrogen) atoms. The van der Waals surface area contributed by atoms with Gasteiger partial charge in [0.1, 0.15) is 5.75 Å². The molecule has 0 unspecified atom stereocenters. The van der Waals surface area contributed by atoms with Crippen molar-refractivity contribution in [2.45, 2.75) is 18.2 Å². The van der Waals surface area contributed by atoms with Crippen LogP contribution in [0.2, 0.25) is 0 Å². The second kappa shape index (κ2) is 10.2. The van der Waals surface area contributed by atoms with Crippen molar-refractivity contribution < 1.29 is 27.5 Å². The SMILES string of the molecule is CCOC(=O)Cc1csc(NC(=O)c2ccc(S(=O)(=O)Nc3ccc(OC)cc3)cc2)n1. The average molecular weight is 476 g/mol. The summed E-state index contributed by atoms with van der Waals surface area (Å²) in [6.45, 7) is 2.00. The van der Waals surface area contributed by atoms with E-state index in [9.17, 15) is 18.0 Å². The number of sulfonamides is 1. The number of esters is 1. The minimum absolute atomic E-state index is 0.0100. The molecule has 0 fully saturated rings. The van der Waals surface area contributed by atoms with E-state index in [1.165, 1.54) is 42.7 Å². The highest BCUT2D eigenvalue weighted by atomic mass is 32.2. The molecule has 168 valence electrons. The monoisotopic (exact) mass is 475 g/mol. The van der Waals surface area contributed by atoms with Gasteiger partial charge in [0.05, 0.1) is 30.7 Å². The molecule has 3 rings (SSSR count). The van der Waals surface area contributed by atoms with Crippen LogP contribution in [0, 0.1) is 0 Å². The lowest BCUT2D eigenvalue weighted by atomic mass is 10.2. The molecule has 0 saturated carbocycles. The molecule has 0 saturated heterocycles. The number of carbonyl (C=O) groups is 2. The lowest BCUT2D eigenvalue weighted by molar-refractivity contribution is -0.142. The number of nitrogens with zero attached hydrogens (tertiary/aromatic N) is 1. The van der Waals surface area contributed by atoms with Crippen LogP contribution in [0.15, 0.2) is 58.8 Å². The zero-order chi connectivity index (χ0) is 23.1. The first-order valence-electron chi connectivity index (χ1n) is 9.49. The van der Waals surface area contributed by atoms with Crippen molar-refractivity contribution >= 4 is 44.1 Å². The molecule has 1 heterocycles. The predicted octanol–water partition coefficient (Wildman–Crippen LogP) is 3.31. The minimum atomic E-state index is -3.82. The number of anilines is 2. The maximum Gasteiger partial charge on any atom is 0.311 e. The van der Waals surface area contributed by atoms with Gasteiger partial charge in [0, 0.05) is 16.6 Å². The zero-order valence-corrected chi connectivity index (χ0v) is 19.0. The summed E-state index contributed by atoms with van der Waals surface area (Å²) in [5.74, 6) is -0.235. The highest BCUT2D eigenvalue weighted by Gasteiger charge is 2.16. The number of hydrogen-bond donors (Lipinski definition) is 2. The van der Waals surface area contributed by atoms with E-state index in [-0.39, 0.29) is 23.5 Å². The number of ether oxygens (including phenoxy) is 2. The number of rotatable bonds is 9. The second-order valence-corrected chi connectivity index (χ2v) is 8.98. The van der Waals surface area contributed by atoms with Crippen LogP contribution in [-0.4, -0.2) is 39.0 Å². The number of aromatic nitrogens is 1. The van der Waals surface area contributed by atoms with Gasteiger partial charge in [0.25, 0.3) is 15.9 Å². The zero-order valence-electron chi connectivity index (χ0n) is 17.3. The Labute approximate surface area is 189 Å². The van der Waals surface area contributed by atoms with Gasteiger partial charge in [-0.2, -0.15) is 0 Å². The Morgan fingerprint density at radius 1 is 1.06 bits per heavy atom. The first-order chi connectivity index (χ1) is 15.3. The molecule has 1 aromatic heterocycles. The van der Waals surface area contributed by atoms with Crippen LogP contribution in [0.4, 0.5) is 10.8 Å². The van der Waals surface area contributed by atoms with E-state index in [0.29, 0.717) is 22.3 Å². The molecular formula is C21H21N3O6S2. The maximum absolute atomic E-state index is 12.6. The van der Waals surface area contributed by atoms with E-state index in [1.54, 1.807) is 36.6 Å². The Kier molecular flexibility index (Phi) is 7.44. The van der Waals surface area contributed by atoms with Crippen molar-refractivity contribution in [3.05, 3.63) is 65.2 Å². The summed E-state index contributed by atoms with van der Waals surface area (Å²) in [6, 6.07) is 12.0. The largest absolute Gasteiger partial charge is 0.497 e. The van der Waals surface area contributed by atoms with Crippen molar-refractivity contribution in [3.63, 3.8) is 0 Å². The summed E-state index contributed by atoms with van der Waals surface area (Å²) < 4.78 is 37.5. The van der Waals surface area contributed by atoms with E-state index >= 15 is 0 Å². The molecule has 0 aliphatic carbocycles. The highest BCUT2D eigenvalue weighted by Crippen LogP contribution is 2.21. The normalized spacial score (nSPS) is 10.9. The third kappa shape index (κ3) is 6.05. The quantitative estimate of drug-likeness (QED) is 0.455. The summed E-state index contributed by atoms with van der Waals surface area (Å²) >= 11 is 1.18. The number of hydrogen-bond acceptors (Lipinski definition) is 8. The van der Waals surface area contributed by atoms with E-state index in [2.05, 4.69) is 15.0 Å². The maximum atomic E-state index is 12.6. The lowest BCUT2D eigenvalue weighted by Crippen LogP contribution is -2.15. The average Bonchev–Trinajstić information content (AvgIpc) is 3.20. The number of benzene rings is 2. The van der Waals surface area contributed by atoms with Crippen LogP contribution in [0.1, 0.15) is 23.0 Å². The molecule has 2 N–H and O–H groups in total. The van der Waals surface area contributed by atoms with E-state index in [4.69, 9.17) is 9.47 Å². The third-order valence-electron chi connectivity index (χ3n) is 4.17. The van der Waals surface area contributed by atoms with E-state index in [1.807, 2.05) is 0 Å². The van der Waals surface area contributed by atoms with E-state index < -0.39 is 21.9 Å². The van der Waals surface area contributed by atoms with Crippen molar-refractivity contribution in [2.75, 3.05) is 23.8 Å². The highest BCUT2D eigenvalue weighted by molar-refractivity contribution is 7.92. The first-order valence-corrected chi connectivity index (χ1v) is 11.9. The van der Waals surface area contributed by atoms with Gasteiger partial charge in [-0.15, -0.1) is 11.3 Å². The van der Waals surface area contributed by atoms with Crippen LogP contribution in [-0.2, 0) is 26.0 Å².